The molecule has 0 fully saturated rings. The molecule has 5 nitrogen and oxygen atoms in total. The van der Waals surface area contributed by atoms with Crippen LogP contribution in [0.4, 0.5) is 10.1 Å². The number of hydrogen-bond acceptors (Lipinski definition) is 3. The summed E-state index contributed by atoms with van der Waals surface area (Å²) in [5.41, 5.74) is 2.54. The molecule has 1 aromatic heterocycles. The molecule has 1 heterocycles. The molecule has 0 aliphatic carbocycles. The third-order valence-electron chi connectivity index (χ3n) is 4.07. The maximum absolute atomic E-state index is 13.1. The smallest absolute Gasteiger partial charge is 0.306 e. The molecule has 140 valence electrons. The predicted molar refractivity (Wildman–Crippen MR) is 102 cm³/mol. The van der Waals surface area contributed by atoms with Gasteiger partial charge in [-0.1, -0.05) is 29.8 Å². The lowest BCUT2D eigenvalue weighted by Gasteiger charge is -2.07. The van der Waals surface area contributed by atoms with Crippen LogP contribution in [0.25, 0.3) is 10.9 Å². The minimum Gasteiger partial charge on any atom is -0.456 e. The van der Waals surface area contributed by atoms with E-state index in [0.29, 0.717) is 12.1 Å². The standard InChI is InChI=1S/C20H18ClFN2O3/c21-16-10-14(8-9-17(16)22)24-19(25)12-27-20(26)7-3-4-13-11-23-18-6-2-1-5-15(13)18/h1-2,5-6,8-11,23H,3-4,7,12H2,(H,24,25). The number of esters is 1. The largest absolute Gasteiger partial charge is 0.456 e. The van der Waals surface area contributed by atoms with Crippen molar-refractivity contribution in [2.24, 2.45) is 0 Å². The van der Waals surface area contributed by atoms with Crippen molar-refractivity contribution in [2.45, 2.75) is 19.3 Å². The van der Waals surface area contributed by atoms with Crippen LogP contribution in [0.2, 0.25) is 5.02 Å². The molecule has 0 saturated heterocycles. The van der Waals surface area contributed by atoms with Crippen LogP contribution in [0.3, 0.4) is 0 Å². The number of fused-ring (bicyclic) bond motifs is 1. The fourth-order valence-electron chi connectivity index (χ4n) is 2.75. The predicted octanol–water partition coefficient (Wildman–Crippen LogP) is 4.47. The number of aromatic nitrogens is 1. The van der Waals surface area contributed by atoms with Crippen LogP contribution in [0, 0.1) is 5.82 Å². The Balaban J connectivity index is 1.40. The molecule has 0 saturated carbocycles. The van der Waals surface area contributed by atoms with Crippen LogP contribution in [0.15, 0.2) is 48.7 Å². The molecule has 0 radical (unpaired) electrons. The van der Waals surface area contributed by atoms with E-state index in [9.17, 15) is 14.0 Å². The molecule has 3 aromatic rings. The van der Waals surface area contributed by atoms with E-state index in [1.165, 1.54) is 12.1 Å². The van der Waals surface area contributed by atoms with Crippen LogP contribution in [0.1, 0.15) is 18.4 Å². The minimum absolute atomic E-state index is 0.0953. The highest BCUT2D eigenvalue weighted by molar-refractivity contribution is 6.31. The Morgan fingerprint density at radius 2 is 2.00 bits per heavy atom. The summed E-state index contributed by atoms with van der Waals surface area (Å²) in [4.78, 5) is 26.8. The maximum Gasteiger partial charge on any atom is 0.306 e. The number of ether oxygens (including phenoxy) is 1. The van der Waals surface area contributed by atoms with Gasteiger partial charge in [0, 0.05) is 29.2 Å². The molecule has 0 spiro atoms. The zero-order valence-electron chi connectivity index (χ0n) is 14.4. The van der Waals surface area contributed by atoms with Gasteiger partial charge in [0.1, 0.15) is 5.82 Å². The third kappa shape index (κ3) is 5.08. The number of hydrogen-bond donors (Lipinski definition) is 2. The summed E-state index contributed by atoms with van der Waals surface area (Å²) in [7, 11) is 0. The molecule has 0 aliphatic rings. The Morgan fingerprint density at radius 1 is 1.19 bits per heavy atom. The number of para-hydroxylation sites is 1. The van der Waals surface area contributed by atoms with E-state index in [2.05, 4.69) is 10.3 Å². The van der Waals surface area contributed by atoms with Gasteiger partial charge in [-0.25, -0.2) is 4.39 Å². The minimum atomic E-state index is -0.573. The van der Waals surface area contributed by atoms with Crippen molar-refractivity contribution in [1.29, 1.82) is 0 Å². The van der Waals surface area contributed by atoms with E-state index >= 15 is 0 Å². The summed E-state index contributed by atoms with van der Waals surface area (Å²) < 4.78 is 18.1. The fraction of sp³-hybridized carbons (Fsp3) is 0.200. The van der Waals surface area contributed by atoms with Crippen molar-refractivity contribution in [3.8, 4) is 0 Å². The highest BCUT2D eigenvalue weighted by Gasteiger charge is 2.10. The zero-order chi connectivity index (χ0) is 19.2. The number of nitrogens with one attached hydrogen (secondary N) is 2. The molecule has 27 heavy (non-hydrogen) atoms. The van der Waals surface area contributed by atoms with Crippen LogP contribution in [0.5, 0.6) is 0 Å². The molecule has 0 atom stereocenters. The van der Waals surface area contributed by atoms with E-state index in [1.807, 2.05) is 30.5 Å². The first-order chi connectivity index (χ1) is 13.0. The molecule has 3 rings (SSSR count). The monoisotopic (exact) mass is 388 g/mol. The van der Waals surface area contributed by atoms with Crippen LogP contribution in [-0.2, 0) is 20.7 Å². The Kier molecular flexibility index (Phi) is 6.08. The van der Waals surface area contributed by atoms with Gasteiger partial charge in [-0.3, -0.25) is 9.59 Å². The average molecular weight is 389 g/mol. The van der Waals surface area contributed by atoms with Crippen molar-refractivity contribution in [2.75, 3.05) is 11.9 Å². The molecule has 0 bridgehead atoms. The second-order valence-electron chi connectivity index (χ2n) is 6.05. The maximum atomic E-state index is 13.1. The van der Waals surface area contributed by atoms with Gasteiger partial charge in [-0.2, -0.15) is 0 Å². The van der Waals surface area contributed by atoms with Gasteiger partial charge < -0.3 is 15.0 Å². The highest BCUT2D eigenvalue weighted by atomic mass is 35.5. The summed E-state index contributed by atoms with van der Waals surface area (Å²) in [5.74, 6) is -1.53. The SMILES string of the molecule is O=C(COC(=O)CCCc1c[nH]c2ccccc12)Nc1ccc(F)c(Cl)c1. The van der Waals surface area contributed by atoms with E-state index in [1.54, 1.807) is 0 Å². The van der Waals surface area contributed by atoms with Gasteiger partial charge in [0.2, 0.25) is 0 Å². The Bertz CT molecular complexity index is 971. The van der Waals surface area contributed by atoms with Crippen molar-refractivity contribution < 1.29 is 18.7 Å². The van der Waals surface area contributed by atoms with Gasteiger partial charge in [0.15, 0.2) is 6.61 Å². The number of H-pyrrole nitrogens is 1. The first-order valence-corrected chi connectivity index (χ1v) is 8.86. The summed E-state index contributed by atoms with van der Waals surface area (Å²) >= 11 is 5.65. The highest BCUT2D eigenvalue weighted by Crippen LogP contribution is 2.20. The number of carbonyl (C=O) groups excluding carboxylic acids is 2. The number of halogens is 2. The summed E-state index contributed by atoms with van der Waals surface area (Å²) in [6, 6.07) is 11.8. The van der Waals surface area contributed by atoms with Crippen molar-refractivity contribution in [3.63, 3.8) is 0 Å². The zero-order valence-corrected chi connectivity index (χ0v) is 15.2. The molecular weight excluding hydrogens is 371 g/mol. The molecule has 0 unspecified atom stereocenters. The Morgan fingerprint density at radius 3 is 2.81 bits per heavy atom. The van der Waals surface area contributed by atoms with Crippen LogP contribution < -0.4 is 5.32 Å². The molecule has 7 heteroatoms. The van der Waals surface area contributed by atoms with E-state index in [-0.39, 0.29) is 11.4 Å². The first kappa shape index (κ1) is 18.9. The second-order valence-corrected chi connectivity index (χ2v) is 6.46. The van der Waals surface area contributed by atoms with Crippen LogP contribution in [-0.4, -0.2) is 23.5 Å². The molecule has 2 aromatic carbocycles. The van der Waals surface area contributed by atoms with E-state index in [4.69, 9.17) is 16.3 Å². The van der Waals surface area contributed by atoms with Gasteiger partial charge >= 0.3 is 5.97 Å². The summed E-state index contributed by atoms with van der Waals surface area (Å²) in [6.45, 7) is -0.402. The van der Waals surface area contributed by atoms with Gasteiger partial charge in [0.25, 0.3) is 5.91 Å². The molecule has 2 N–H and O–H groups in total. The normalized spacial score (nSPS) is 10.7. The van der Waals surface area contributed by atoms with Gasteiger partial charge in [0.05, 0.1) is 5.02 Å². The summed E-state index contributed by atoms with van der Waals surface area (Å²) in [5, 5.41) is 3.54. The first-order valence-electron chi connectivity index (χ1n) is 8.48. The second kappa shape index (κ2) is 8.68. The number of rotatable bonds is 7. The molecular formula is C20H18ClFN2O3. The van der Waals surface area contributed by atoms with E-state index in [0.717, 1.165) is 29.0 Å². The number of anilines is 1. The lowest BCUT2D eigenvalue weighted by Crippen LogP contribution is -2.20. The number of aromatic amines is 1. The molecule has 1 amide bonds. The van der Waals surface area contributed by atoms with Crippen molar-refractivity contribution >= 4 is 40.1 Å². The number of aryl methyl sites for hydroxylation is 1. The lowest BCUT2D eigenvalue weighted by atomic mass is 10.1. The van der Waals surface area contributed by atoms with Crippen molar-refractivity contribution in [3.05, 3.63) is 65.1 Å². The van der Waals surface area contributed by atoms with E-state index < -0.39 is 24.3 Å². The lowest BCUT2D eigenvalue weighted by molar-refractivity contribution is -0.147. The van der Waals surface area contributed by atoms with Crippen molar-refractivity contribution in [1.82, 2.24) is 4.98 Å². The van der Waals surface area contributed by atoms with Gasteiger partial charge in [-0.05, 0) is 42.7 Å². The number of benzene rings is 2. The molecule has 0 aliphatic heterocycles. The quantitative estimate of drug-likeness (QED) is 0.587. The summed E-state index contributed by atoms with van der Waals surface area (Å²) in [6.07, 6.45) is 3.52. The van der Waals surface area contributed by atoms with Gasteiger partial charge in [-0.15, -0.1) is 0 Å². The number of carbonyl (C=O) groups is 2. The Hall–Kier alpha value is -2.86. The number of amides is 1. The Labute approximate surface area is 160 Å². The fourth-order valence-corrected chi connectivity index (χ4v) is 2.93. The van der Waals surface area contributed by atoms with Crippen LogP contribution >= 0.6 is 11.6 Å². The average Bonchev–Trinajstić information content (AvgIpc) is 3.06. The topological polar surface area (TPSA) is 71.2 Å². The third-order valence-corrected chi connectivity index (χ3v) is 4.36.